The topological polar surface area (TPSA) is 188 Å². The number of Topliss-reactive ketones (excluding diaryl/α,β-unsaturated/α-hetero) is 2. The Labute approximate surface area is 312 Å². The SMILES string of the molecule is C[C@]12C=CC(=O)C=C1CCC1C3CC(O[B]OC4CC5C6CCC7=CC(=O)C=CC7C6(F)CCC5C4(O)C(=O)CO)C(O)(C(=O)CO)[C@@]3(C)C[C@H](O)C12F. The van der Waals surface area contributed by atoms with E-state index in [1.807, 2.05) is 0 Å². The van der Waals surface area contributed by atoms with Crippen molar-refractivity contribution in [2.24, 2.45) is 46.3 Å². The molecule has 0 spiro atoms. The van der Waals surface area contributed by atoms with Gasteiger partial charge in [-0.15, -0.1) is 0 Å². The first kappa shape index (κ1) is 38.2. The summed E-state index contributed by atoms with van der Waals surface area (Å²) in [5.74, 6) is -6.41. The Hall–Kier alpha value is -2.72. The van der Waals surface area contributed by atoms with E-state index in [9.17, 15) is 44.7 Å². The quantitative estimate of drug-likeness (QED) is 0.229. The number of fused-ring (bicyclic) bond motifs is 10. The van der Waals surface area contributed by atoms with Crippen LogP contribution >= 0.6 is 0 Å². The molecule has 12 unspecified atom stereocenters. The molecule has 5 N–H and O–H groups in total. The lowest BCUT2D eigenvalue weighted by atomic mass is 9.44. The zero-order chi connectivity index (χ0) is 38.8. The largest absolute Gasteiger partial charge is 0.488 e. The lowest BCUT2D eigenvalue weighted by Gasteiger charge is -2.62. The fourth-order valence-corrected chi connectivity index (χ4v) is 13.3. The Morgan fingerprint density at radius 3 is 2.28 bits per heavy atom. The first-order valence-electron chi connectivity index (χ1n) is 19.2. The highest BCUT2D eigenvalue weighted by Crippen LogP contribution is 2.70. The number of aliphatic hydroxyl groups is 5. The van der Waals surface area contributed by atoms with Gasteiger partial charge in [-0.2, -0.15) is 0 Å². The van der Waals surface area contributed by atoms with Crippen molar-refractivity contribution < 1.29 is 62.8 Å². The van der Waals surface area contributed by atoms with Crippen molar-refractivity contribution in [2.45, 2.75) is 112 Å². The highest BCUT2D eigenvalue weighted by molar-refractivity contribution is 6.18. The van der Waals surface area contributed by atoms with Crippen molar-refractivity contribution in [3.05, 3.63) is 47.6 Å². The summed E-state index contributed by atoms with van der Waals surface area (Å²) in [4.78, 5) is 51.1. The third-order valence-electron chi connectivity index (χ3n) is 15.9. The zero-order valence-corrected chi connectivity index (χ0v) is 30.5. The van der Waals surface area contributed by atoms with E-state index in [-0.39, 0.29) is 50.1 Å². The van der Waals surface area contributed by atoms with Gasteiger partial charge in [0.2, 0.25) is 0 Å². The highest BCUT2D eigenvalue weighted by atomic mass is 19.1. The monoisotopic (exact) mass is 753 g/mol. The van der Waals surface area contributed by atoms with E-state index in [2.05, 4.69) is 0 Å². The van der Waals surface area contributed by atoms with Gasteiger partial charge in [-0.05, 0) is 107 Å². The summed E-state index contributed by atoms with van der Waals surface area (Å²) in [5, 5.41) is 56.1. The summed E-state index contributed by atoms with van der Waals surface area (Å²) in [6, 6.07) is 0. The molecular weight excluding hydrogens is 705 g/mol. The molecule has 14 heteroatoms. The fraction of sp³-hybridized carbons (Fsp3) is 0.700. The van der Waals surface area contributed by atoms with Crippen LogP contribution in [0.4, 0.5) is 8.78 Å². The van der Waals surface area contributed by atoms with Crippen molar-refractivity contribution in [3.63, 3.8) is 0 Å². The minimum Gasteiger partial charge on any atom is -0.407 e. The molecule has 8 aliphatic rings. The summed E-state index contributed by atoms with van der Waals surface area (Å²) < 4.78 is 46.8. The molecule has 0 saturated heterocycles. The van der Waals surface area contributed by atoms with Crippen LogP contribution in [-0.4, -0.2) is 110 Å². The van der Waals surface area contributed by atoms with E-state index < -0.39 is 112 Å². The van der Waals surface area contributed by atoms with E-state index in [4.69, 9.17) is 9.31 Å². The van der Waals surface area contributed by atoms with Crippen LogP contribution in [-0.2, 0) is 28.5 Å². The standard InChI is InChI=1S/C40H48BF2O11/c1-35-11-9-23(47)14-21(35)4-7-28-29-16-34(40(52,32(50)19-45)36(29,2)17-30(48)39(28,35)43)54-41-53-33-15-24-26-6-3-20-13-22(46)5-8-25(20)37(26,42)12-10-27(24)38(33,51)31(49)18-44/h5,8-9,11,13-14,24-30,33-34,44-45,48,51-52H,3-4,6-7,10,12,15-19H2,1-2H3/t24?,25?,26?,27?,28?,29?,30-,33?,34?,35-,36-,37?,38?,39?,40?/m0/s1. The Morgan fingerprint density at radius 1 is 0.870 bits per heavy atom. The molecule has 291 valence electrons. The number of halogens is 2. The summed E-state index contributed by atoms with van der Waals surface area (Å²) in [7, 11) is 0.830. The predicted molar refractivity (Wildman–Crippen MR) is 186 cm³/mol. The number of carbonyl (C=O) groups is 4. The van der Waals surface area contributed by atoms with Crippen LogP contribution in [0.25, 0.3) is 0 Å². The normalized spacial score (nSPS) is 50.1. The van der Waals surface area contributed by atoms with Crippen LogP contribution in [0.3, 0.4) is 0 Å². The molecule has 0 aliphatic heterocycles. The summed E-state index contributed by atoms with van der Waals surface area (Å²) in [5.41, 5.74) is -10.1. The van der Waals surface area contributed by atoms with E-state index in [0.717, 1.165) is 13.3 Å². The summed E-state index contributed by atoms with van der Waals surface area (Å²) >= 11 is 0. The van der Waals surface area contributed by atoms with Gasteiger partial charge >= 0.3 is 7.69 Å². The molecule has 0 aromatic rings. The van der Waals surface area contributed by atoms with Crippen molar-refractivity contribution in [1.82, 2.24) is 0 Å². The van der Waals surface area contributed by atoms with E-state index >= 15 is 8.78 Å². The predicted octanol–water partition coefficient (Wildman–Crippen LogP) is 2.09. The second kappa shape index (κ2) is 12.6. The number of allylic oxidation sites excluding steroid dienone is 8. The zero-order valence-electron chi connectivity index (χ0n) is 30.5. The lowest BCUT2D eigenvalue weighted by Crippen LogP contribution is -2.70. The Kier molecular flexibility index (Phi) is 8.94. The van der Waals surface area contributed by atoms with E-state index in [0.29, 0.717) is 24.8 Å². The van der Waals surface area contributed by atoms with Gasteiger partial charge in [0, 0.05) is 28.6 Å². The van der Waals surface area contributed by atoms with Gasteiger partial charge in [0.05, 0.1) is 18.3 Å². The molecule has 8 aliphatic carbocycles. The van der Waals surface area contributed by atoms with Gasteiger partial charge in [0.25, 0.3) is 0 Å². The molecule has 54 heavy (non-hydrogen) atoms. The molecule has 0 heterocycles. The number of carbonyl (C=O) groups excluding carboxylic acids is 4. The molecule has 0 aromatic heterocycles. The van der Waals surface area contributed by atoms with Crippen molar-refractivity contribution in [1.29, 1.82) is 0 Å². The maximum absolute atomic E-state index is 17.7. The molecule has 0 aromatic carbocycles. The van der Waals surface area contributed by atoms with Crippen LogP contribution in [0.1, 0.15) is 71.6 Å². The van der Waals surface area contributed by atoms with E-state index in [1.54, 1.807) is 19.9 Å². The van der Waals surface area contributed by atoms with E-state index in [1.165, 1.54) is 30.4 Å². The molecule has 6 saturated carbocycles. The van der Waals surface area contributed by atoms with Gasteiger partial charge in [-0.3, -0.25) is 19.2 Å². The average molecular weight is 754 g/mol. The van der Waals surface area contributed by atoms with Crippen LogP contribution < -0.4 is 0 Å². The molecule has 11 nitrogen and oxygen atoms in total. The second-order valence-electron chi connectivity index (χ2n) is 17.7. The second-order valence-corrected chi connectivity index (χ2v) is 17.7. The summed E-state index contributed by atoms with van der Waals surface area (Å²) in [6.07, 6.45) is 5.49. The number of rotatable bonds is 8. The molecular formula is C40H48BF2O11. The van der Waals surface area contributed by atoms with Crippen LogP contribution in [0.5, 0.6) is 0 Å². The third kappa shape index (κ3) is 4.77. The minimum atomic E-state index is -2.42. The van der Waals surface area contributed by atoms with Crippen molar-refractivity contribution in [3.8, 4) is 0 Å². The minimum absolute atomic E-state index is 0.0250. The molecule has 15 atom stereocenters. The fourth-order valence-electron chi connectivity index (χ4n) is 13.3. The lowest BCUT2D eigenvalue weighted by molar-refractivity contribution is -0.221. The van der Waals surface area contributed by atoms with Crippen LogP contribution in [0, 0.1) is 46.3 Å². The Bertz CT molecular complexity index is 1800. The summed E-state index contributed by atoms with van der Waals surface area (Å²) in [6.45, 7) is 1.17. The number of hydrogen-bond acceptors (Lipinski definition) is 11. The van der Waals surface area contributed by atoms with Crippen molar-refractivity contribution >= 4 is 30.8 Å². The van der Waals surface area contributed by atoms with Crippen LogP contribution in [0.2, 0.25) is 0 Å². The number of aliphatic hydroxyl groups excluding tert-OH is 3. The number of ketones is 4. The molecule has 0 bridgehead atoms. The smallest absolute Gasteiger partial charge is 0.407 e. The van der Waals surface area contributed by atoms with Gasteiger partial charge in [0.1, 0.15) is 18.9 Å². The van der Waals surface area contributed by atoms with Gasteiger partial charge in [-0.25, -0.2) is 8.78 Å². The average Bonchev–Trinajstić information content (AvgIpc) is 3.55. The number of hydrogen-bond donors (Lipinski definition) is 5. The highest BCUT2D eigenvalue weighted by Gasteiger charge is 2.77. The molecule has 8 rings (SSSR count). The Balaban J connectivity index is 1.05. The van der Waals surface area contributed by atoms with Crippen LogP contribution in [0.15, 0.2) is 47.6 Å². The molecule has 6 fully saturated rings. The van der Waals surface area contributed by atoms with Gasteiger partial charge < -0.3 is 34.8 Å². The molecule has 1 radical (unpaired) electrons. The first-order chi connectivity index (χ1) is 25.4. The van der Waals surface area contributed by atoms with Crippen molar-refractivity contribution in [2.75, 3.05) is 13.2 Å². The van der Waals surface area contributed by atoms with Gasteiger partial charge in [-0.1, -0.05) is 30.2 Å². The van der Waals surface area contributed by atoms with Gasteiger partial charge in [0.15, 0.2) is 40.0 Å². The first-order valence-corrected chi connectivity index (χ1v) is 19.2. The third-order valence-corrected chi connectivity index (χ3v) is 15.9. The maximum Gasteiger partial charge on any atom is 0.488 e. The maximum atomic E-state index is 17.7. The molecule has 0 amide bonds. The Morgan fingerprint density at radius 2 is 1.56 bits per heavy atom. The number of alkyl halides is 2.